The Morgan fingerprint density at radius 2 is 2.09 bits per heavy atom. The number of cyclic esters (lactones) is 1. The summed E-state index contributed by atoms with van der Waals surface area (Å²) in [7, 11) is 0. The molecule has 0 spiro atoms. The molecular formula is C8H14O3. The number of rotatable bonds is 2. The van der Waals surface area contributed by atoms with Crippen LogP contribution in [0.5, 0.6) is 0 Å². The van der Waals surface area contributed by atoms with Crippen molar-refractivity contribution < 1.29 is 14.3 Å². The molecule has 2 aliphatic heterocycles. The number of carbonyl (C=O) groups excluding carboxylic acids is 1. The van der Waals surface area contributed by atoms with Crippen LogP contribution in [0.4, 0.5) is 0 Å². The van der Waals surface area contributed by atoms with E-state index in [1.165, 1.54) is 0 Å². The molecule has 3 heteroatoms. The van der Waals surface area contributed by atoms with Crippen LogP contribution in [-0.2, 0) is 14.3 Å². The lowest BCUT2D eigenvalue weighted by atomic mass is 10.1. The summed E-state index contributed by atoms with van der Waals surface area (Å²) in [5.74, 6) is -0.0385. The van der Waals surface area contributed by atoms with Crippen molar-refractivity contribution in [2.75, 3.05) is 13.2 Å². The molecule has 0 aromatic carbocycles. The zero-order chi connectivity index (χ0) is 8.10. The summed E-state index contributed by atoms with van der Waals surface area (Å²) in [4.78, 5) is 10.2. The lowest BCUT2D eigenvalue weighted by Crippen LogP contribution is -2.32. The first-order valence-corrected chi connectivity index (χ1v) is 4.10. The molecule has 0 N–H and O–H groups in total. The Labute approximate surface area is 66.7 Å². The van der Waals surface area contributed by atoms with Gasteiger partial charge in [0.1, 0.15) is 6.10 Å². The first-order valence-electron chi connectivity index (χ1n) is 4.10. The predicted molar refractivity (Wildman–Crippen MR) is 40.2 cm³/mol. The molecule has 1 unspecified atom stereocenters. The normalized spacial score (nSPS) is 25.9. The van der Waals surface area contributed by atoms with Crippen molar-refractivity contribution in [1.29, 1.82) is 0 Å². The van der Waals surface area contributed by atoms with Crippen LogP contribution < -0.4 is 0 Å². The van der Waals surface area contributed by atoms with Crippen molar-refractivity contribution in [2.24, 2.45) is 0 Å². The maximum absolute atomic E-state index is 10.2. The molecule has 2 fully saturated rings. The van der Waals surface area contributed by atoms with Gasteiger partial charge in [-0.2, -0.15) is 0 Å². The highest BCUT2D eigenvalue weighted by Gasteiger charge is 2.26. The molecule has 0 amide bonds. The van der Waals surface area contributed by atoms with Crippen LogP contribution in [0.25, 0.3) is 0 Å². The topological polar surface area (TPSA) is 38.8 Å². The van der Waals surface area contributed by atoms with E-state index in [0.29, 0.717) is 6.42 Å². The molecule has 2 saturated heterocycles. The summed E-state index contributed by atoms with van der Waals surface area (Å²) >= 11 is 0. The predicted octanol–water partition coefficient (Wildman–Crippen LogP) is 1.12. The molecule has 2 rings (SSSR count). The maximum atomic E-state index is 10.2. The average Bonchev–Trinajstić information content (AvgIpc) is 2.69. The van der Waals surface area contributed by atoms with Gasteiger partial charge in [0.05, 0.1) is 19.6 Å². The molecule has 0 bridgehead atoms. The number of carbonyl (C=O) groups is 1. The smallest absolute Gasteiger partial charge is 0.309 e. The molecule has 3 nitrogen and oxygen atoms in total. The summed E-state index contributed by atoms with van der Waals surface area (Å²) in [5.41, 5.74) is 0. The van der Waals surface area contributed by atoms with E-state index in [9.17, 15) is 4.79 Å². The van der Waals surface area contributed by atoms with Gasteiger partial charge in [-0.05, 0) is 6.42 Å². The third-order valence-electron chi connectivity index (χ3n) is 1.51. The Bertz CT molecular complexity index is 121. The van der Waals surface area contributed by atoms with Crippen LogP contribution in [0.1, 0.15) is 26.2 Å². The molecule has 0 saturated carbocycles. The minimum Gasteiger partial charge on any atom is -0.462 e. The standard InChI is InChI=1S/C6H10O2.C2H4O/c1-2-3-5-4-6(7)8-5;1-2-3-1/h5H,2-4H2,1H3;1-2H2. The number of hydrogen-bond acceptors (Lipinski definition) is 3. The molecule has 1 atom stereocenters. The van der Waals surface area contributed by atoms with Crippen molar-refractivity contribution in [1.82, 2.24) is 0 Å². The van der Waals surface area contributed by atoms with Gasteiger partial charge in [-0.15, -0.1) is 0 Å². The maximum Gasteiger partial charge on any atom is 0.309 e. The van der Waals surface area contributed by atoms with E-state index >= 15 is 0 Å². The van der Waals surface area contributed by atoms with Gasteiger partial charge in [0.25, 0.3) is 0 Å². The quantitative estimate of drug-likeness (QED) is 0.446. The van der Waals surface area contributed by atoms with E-state index in [-0.39, 0.29) is 12.1 Å². The van der Waals surface area contributed by atoms with Crippen molar-refractivity contribution in [3.63, 3.8) is 0 Å². The van der Waals surface area contributed by atoms with Crippen LogP contribution >= 0.6 is 0 Å². The lowest BCUT2D eigenvalue weighted by Gasteiger charge is -2.24. The number of hydrogen-bond donors (Lipinski definition) is 0. The third-order valence-corrected chi connectivity index (χ3v) is 1.51. The van der Waals surface area contributed by atoms with Crippen molar-refractivity contribution in [3.8, 4) is 0 Å². The highest BCUT2D eigenvalue weighted by molar-refractivity contribution is 5.75. The fraction of sp³-hybridized carbons (Fsp3) is 0.875. The highest BCUT2D eigenvalue weighted by Crippen LogP contribution is 2.17. The van der Waals surface area contributed by atoms with Gasteiger partial charge in [0.2, 0.25) is 0 Å². The Morgan fingerprint density at radius 3 is 2.36 bits per heavy atom. The van der Waals surface area contributed by atoms with Gasteiger partial charge in [0.15, 0.2) is 0 Å². The van der Waals surface area contributed by atoms with Crippen molar-refractivity contribution >= 4 is 5.97 Å². The van der Waals surface area contributed by atoms with Crippen LogP contribution in [0.15, 0.2) is 0 Å². The summed E-state index contributed by atoms with van der Waals surface area (Å²) in [6, 6.07) is 0. The summed E-state index contributed by atoms with van der Waals surface area (Å²) < 4.78 is 9.24. The largest absolute Gasteiger partial charge is 0.462 e. The zero-order valence-corrected chi connectivity index (χ0v) is 6.84. The molecule has 64 valence electrons. The van der Waals surface area contributed by atoms with E-state index in [2.05, 4.69) is 11.7 Å². The van der Waals surface area contributed by atoms with Gasteiger partial charge >= 0.3 is 5.97 Å². The Balaban J connectivity index is 0.000000167. The van der Waals surface area contributed by atoms with Crippen LogP contribution in [0.2, 0.25) is 0 Å². The Kier molecular flexibility index (Phi) is 3.36. The van der Waals surface area contributed by atoms with E-state index < -0.39 is 0 Å². The Hall–Kier alpha value is -0.570. The first-order chi connectivity index (χ1) is 5.33. The van der Waals surface area contributed by atoms with Gasteiger partial charge in [-0.1, -0.05) is 13.3 Å². The lowest BCUT2D eigenvalue weighted by molar-refractivity contribution is -0.169. The third kappa shape index (κ3) is 3.98. The fourth-order valence-electron chi connectivity index (χ4n) is 0.845. The van der Waals surface area contributed by atoms with E-state index in [1.807, 2.05) is 0 Å². The molecule has 2 heterocycles. The molecule has 0 aliphatic carbocycles. The molecule has 0 aromatic rings. The molecule has 11 heavy (non-hydrogen) atoms. The SMILES string of the molecule is C1CO1.CCCC1CC(=O)O1. The number of esters is 1. The highest BCUT2D eigenvalue weighted by atomic mass is 16.6. The zero-order valence-electron chi connectivity index (χ0n) is 6.84. The number of epoxide rings is 1. The van der Waals surface area contributed by atoms with Crippen molar-refractivity contribution in [2.45, 2.75) is 32.3 Å². The summed E-state index contributed by atoms with van der Waals surface area (Å²) in [6.45, 7) is 4.09. The van der Waals surface area contributed by atoms with Gasteiger partial charge in [-0.3, -0.25) is 4.79 Å². The second-order valence-electron chi connectivity index (χ2n) is 2.72. The molecule has 2 aliphatic rings. The Morgan fingerprint density at radius 1 is 1.55 bits per heavy atom. The van der Waals surface area contributed by atoms with E-state index in [1.54, 1.807) is 0 Å². The second-order valence-corrected chi connectivity index (χ2v) is 2.72. The second kappa shape index (κ2) is 4.34. The summed E-state index contributed by atoms with van der Waals surface area (Å²) in [5, 5.41) is 0. The van der Waals surface area contributed by atoms with Crippen molar-refractivity contribution in [3.05, 3.63) is 0 Å². The summed E-state index contributed by atoms with van der Waals surface area (Å²) in [6.07, 6.45) is 3.05. The van der Waals surface area contributed by atoms with Gasteiger partial charge < -0.3 is 9.47 Å². The molecule has 0 aromatic heterocycles. The van der Waals surface area contributed by atoms with Crippen LogP contribution in [-0.4, -0.2) is 25.3 Å². The first kappa shape index (κ1) is 8.53. The van der Waals surface area contributed by atoms with E-state index in [4.69, 9.17) is 4.74 Å². The van der Waals surface area contributed by atoms with E-state index in [0.717, 1.165) is 26.1 Å². The monoisotopic (exact) mass is 158 g/mol. The van der Waals surface area contributed by atoms with Crippen LogP contribution in [0, 0.1) is 0 Å². The minimum atomic E-state index is -0.0385. The average molecular weight is 158 g/mol. The molecule has 0 radical (unpaired) electrons. The number of ether oxygens (including phenoxy) is 2. The van der Waals surface area contributed by atoms with Gasteiger partial charge in [0, 0.05) is 0 Å². The minimum absolute atomic E-state index is 0.0385. The molecular weight excluding hydrogens is 144 g/mol. The fourth-order valence-corrected chi connectivity index (χ4v) is 0.845. The van der Waals surface area contributed by atoms with Crippen LogP contribution in [0.3, 0.4) is 0 Å². The van der Waals surface area contributed by atoms with Gasteiger partial charge in [-0.25, -0.2) is 0 Å².